The van der Waals surface area contributed by atoms with E-state index in [1.807, 2.05) is 19.9 Å². The molecule has 7 heteroatoms. The van der Waals surface area contributed by atoms with Crippen molar-refractivity contribution in [2.24, 2.45) is 5.92 Å². The van der Waals surface area contributed by atoms with Gasteiger partial charge in [-0.1, -0.05) is 19.3 Å². The highest BCUT2D eigenvalue weighted by atomic mass is 16.5. The third-order valence-corrected chi connectivity index (χ3v) is 5.76. The van der Waals surface area contributed by atoms with E-state index in [2.05, 4.69) is 25.2 Å². The monoisotopic (exact) mass is 383 g/mol. The molecule has 2 aromatic rings. The molecule has 1 N–H and O–H groups in total. The van der Waals surface area contributed by atoms with Gasteiger partial charge in [0, 0.05) is 25.3 Å². The summed E-state index contributed by atoms with van der Waals surface area (Å²) in [6.45, 7) is 7.53. The molecule has 4 rings (SSSR count). The first kappa shape index (κ1) is 19.1. The molecule has 0 aromatic carbocycles. The standard InChI is InChI=1S/C21H29N5O2/c1-14-12-15(2)23-18-17(14)20(26-8-10-28-11-9-26)25-19(24-18)21(27)22-13-16-6-4-3-5-7-16/h12,16H,3-11,13H2,1-2H3,(H,22,27). The summed E-state index contributed by atoms with van der Waals surface area (Å²) < 4.78 is 5.49. The fourth-order valence-corrected chi connectivity index (χ4v) is 4.27. The zero-order valence-corrected chi connectivity index (χ0v) is 16.8. The topological polar surface area (TPSA) is 80.2 Å². The molecule has 0 bridgehead atoms. The van der Waals surface area contributed by atoms with E-state index in [0.717, 1.165) is 35.6 Å². The molecule has 28 heavy (non-hydrogen) atoms. The molecule has 0 radical (unpaired) electrons. The van der Waals surface area contributed by atoms with Gasteiger partial charge in [0.25, 0.3) is 5.91 Å². The molecule has 7 nitrogen and oxygen atoms in total. The number of nitrogens with zero attached hydrogens (tertiary/aromatic N) is 4. The van der Waals surface area contributed by atoms with E-state index in [1.165, 1.54) is 32.1 Å². The molecule has 1 saturated heterocycles. The number of amides is 1. The Kier molecular flexibility index (Phi) is 5.71. The first-order chi connectivity index (χ1) is 13.6. The van der Waals surface area contributed by atoms with E-state index in [4.69, 9.17) is 4.74 Å². The molecule has 2 fully saturated rings. The minimum absolute atomic E-state index is 0.206. The largest absolute Gasteiger partial charge is 0.378 e. The summed E-state index contributed by atoms with van der Waals surface area (Å²) in [5.41, 5.74) is 2.57. The number of fused-ring (bicyclic) bond motifs is 1. The Bertz CT molecular complexity index is 857. The van der Waals surface area contributed by atoms with Crippen molar-refractivity contribution in [2.75, 3.05) is 37.7 Å². The number of aromatic nitrogens is 3. The number of rotatable bonds is 4. The molecule has 0 spiro atoms. The van der Waals surface area contributed by atoms with Gasteiger partial charge in [-0.25, -0.2) is 15.0 Å². The Morgan fingerprint density at radius 1 is 1.14 bits per heavy atom. The van der Waals surface area contributed by atoms with Crippen LogP contribution in [0, 0.1) is 19.8 Å². The van der Waals surface area contributed by atoms with Crippen molar-refractivity contribution in [2.45, 2.75) is 46.0 Å². The molecule has 1 aliphatic carbocycles. The lowest BCUT2D eigenvalue weighted by Crippen LogP contribution is -2.38. The number of ether oxygens (including phenoxy) is 1. The van der Waals surface area contributed by atoms with Crippen molar-refractivity contribution < 1.29 is 9.53 Å². The number of carbonyl (C=O) groups excluding carboxylic acids is 1. The molecule has 0 unspecified atom stereocenters. The highest BCUT2D eigenvalue weighted by Gasteiger charge is 2.23. The fraction of sp³-hybridized carbons (Fsp3) is 0.619. The van der Waals surface area contributed by atoms with E-state index in [9.17, 15) is 4.79 Å². The van der Waals surface area contributed by atoms with Crippen molar-refractivity contribution >= 4 is 22.8 Å². The number of hydrogen-bond donors (Lipinski definition) is 1. The van der Waals surface area contributed by atoms with Crippen molar-refractivity contribution in [3.63, 3.8) is 0 Å². The normalized spacial score (nSPS) is 18.4. The van der Waals surface area contributed by atoms with Gasteiger partial charge in [0.2, 0.25) is 5.82 Å². The Hall–Kier alpha value is -2.28. The van der Waals surface area contributed by atoms with E-state index < -0.39 is 0 Å². The Morgan fingerprint density at radius 2 is 1.89 bits per heavy atom. The lowest BCUT2D eigenvalue weighted by Gasteiger charge is -2.29. The molecule has 1 amide bonds. The molecular weight excluding hydrogens is 354 g/mol. The van der Waals surface area contributed by atoms with Gasteiger partial charge in [0.1, 0.15) is 5.82 Å². The fourth-order valence-electron chi connectivity index (χ4n) is 4.27. The van der Waals surface area contributed by atoms with Crippen LogP contribution in [0.1, 0.15) is 54.0 Å². The van der Waals surface area contributed by atoms with Gasteiger partial charge < -0.3 is 15.0 Å². The second-order valence-corrected chi connectivity index (χ2v) is 7.96. The van der Waals surface area contributed by atoms with Crippen LogP contribution >= 0.6 is 0 Å². The number of pyridine rings is 1. The van der Waals surface area contributed by atoms with Crippen molar-refractivity contribution in [3.8, 4) is 0 Å². The predicted molar refractivity (Wildman–Crippen MR) is 109 cm³/mol. The van der Waals surface area contributed by atoms with E-state index >= 15 is 0 Å². The van der Waals surface area contributed by atoms with Crippen LogP contribution in [0.2, 0.25) is 0 Å². The summed E-state index contributed by atoms with van der Waals surface area (Å²) in [4.78, 5) is 28.8. The van der Waals surface area contributed by atoms with Crippen LogP contribution in [0.4, 0.5) is 5.82 Å². The first-order valence-corrected chi connectivity index (χ1v) is 10.4. The molecule has 1 saturated carbocycles. The Labute approximate surface area is 165 Å². The van der Waals surface area contributed by atoms with E-state index in [0.29, 0.717) is 31.3 Å². The van der Waals surface area contributed by atoms with Crippen LogP contribution < -0.4 is 10.2 Å². The lowest BCUT2D eigenvalue weighted by molar-refractivity contribution is 0.0933. The van der Waals surface area contributed by atoms with Gasteiger partial charge in [-0.15, -0.1) is 0 Å². The number of morpholine rings is 1. The predicted octanol–water partition coefficient (Wildman–Crippen LogP) is 2.79. The maximum absolute atomic E-state index is 12.8. The zero-order valence-electron chi connectivity index (χ0n) is 16.8. The lowest BCUT2D eigenvalue weighted by atomic mass is 9.89. The highest BCUT2D eigenvalue weighted by molar-refractivity contribution is 5.96. The summed E-state index contributed by atoms with van der Waals surface area (Å²) in [6.07, 6.45) is 6.22. The second-order valence-electron chi connectivity index (χ2n) is 7.96. The number of anilines is 1. The van der Waals surface area contributed by atoms with Crippen molar-refractivity contribution in [3.05, 3.63) is 23.1 Å². The Morgan fingerprint density at radius 3 is 2.64 bits per heavy atom. The van der Waals surface area contributed by atoms with Crippen molar-refractivity contribution in [1.29, 1.82) is 0 Å². The first-order valence-electron chi connectivity index (χ1n) is 10.4. The second kappa shape index (κ2) is 8.39. The SMILES string of the molecule is Cc1cc(C)c2c(N3CCOCC3)nc(C(=O)NCC3CCCCC3)nc2n1. The molecule has 2 aromatic heterocycles. The minimum atomic E-state index is -0.206. The molecular formula is C21H29N5O2. The van der Waals surface area contributed by atoms with Crippen LogP contribution in [-0.4, -0.2) is 53.7 Å². The van der Waals surface area contributed by atoms with Crippen LogP contribution in [0.25, 0.3) is 11.0 Å². The average molecular weight is 383 g/mol. The van der Waals surface area contributed by atoms with Crippen LogP contribution in [0.3, 0.4) is 0 Å². The summed E-state index contributed by atoms with van der Waals surface area (Å²) in [6, 6.07) is 2.04. The number of aryl methyl sites for hydroxylation is 2. The molecule has 1 aliphatic heterocycles. The summed E-state index contributed by atoms with van der Waals surface area (Å²) in [5, 5.41) is 3.98. The van der Waals surface area contributed by atoms with Gasteiger partial charge in [-0.05, 0) is 44.2 Å². The van der Waals surface area contributed by atoms with Gasteiger partial charge in [-0.3, -0.25) is 4.79 Å². The summed E-state index contributed by atoms with van der Waals surface area (Å²) in [7, 11) is 0. The maximum atomic E-state index is 12.8. The van der Waals surface area contributed by atoms with Gasteiger partial charge in [0.15, 0.2) is 5.65 Å². The third-order valence-electron chi connectivity index (χ3n) is 5.76. The molecule has 3 heterocycles. The quantitative estimate of drug-likeness (QED) is 0.874. The number of nitrogens with one attached hydrogen (secondary N) is 1. The molecule has 150 valence electrons. The molecule has 0 atom stereocenters. The van der Waals surface area contributed by atoms with Gasteiger partial charge >= 0.3 is 0 Å². The average Bonchev–Trinajstić information content (AvgIpc) is 2.72. The number of hydrogen-bond acceptors (Lipinski definition) is 6. The van der Waals surface area contributed by atoms with Crippen LogP contribution in [0.5, 0.6) is 0 Å². The maximum Gasteiger partial charge on any atom is 0.289 e. The summed E-state index contributed by atoms with van der Waals surface area (Å²) >= 11 is 0. The third kappa shape index (κ3) is 4.09. The number of carbonyl (C=O) groups is 1. The van der Waals surface area contributed by atoms with Crippen LogP contribution in [-0.2, 0) is 4.74 Å². The smallest absolute Gasteiger partial charge is 0.289 e. The Balaban J connectivity index is 1.64. The minimum Gasteiger partial charge on any atom is -0.378 e. The van der Waals surface area contributed by atoms with Crippen LogP contribution in [0.15, 0.2) is 6.07 Å². The van der Waals surface area contributed by atoms with Crippen molar-refractivity contribution in [1.82, 2.24) is 20.3 Å². The van der Waals surface area contributed by atoms with E-state index in [-0.39, 0.29) is 11.7 Å². The zero-order chi connectivity index (χ0) is 19.5. The van der Waals surface area contributed by atoms with E-state index in [1.54, 1.807) is 0 Å². The molecule has 2 aliphatic rings. The highest BCUT2D eigenvalue weighted by Crippen LogP contribution is 2.28. The summed E-state index contributed by atoms with van der Waals surface area (Å²) in [5.74, 6) is 1.37. The van der Waals surface area contributed by atoms with Gasteiger partial charge in [0.05, 0.1) is 18.6 Å². The van der Waals surface area contributed by atoms with Gasteiger partial charge in [-0.2, -0.15) is 0 Å².